The van der Waals surface area contributed by atoms with Gasteiger partial charge in [-0.05, 0) is 24.3 Å². The Hall–Kier alpha value is -10.2. The minimum absolute atomic E-state index is 0. The number of halogens is 9. The van der Waals surface area contributed by atoms with E-state index in [1.807, 2.05) is 137 Å². The second kappa shape index (κ2) is 27.9. The van der Waals surface area contributed by atoms with E-state index in [9.17, 15) is 39.5 Å². The summed E-state index contributed by atoms with van der Waals surface area (Å²) in [6.45, 7) is 23.9. The number of anilines is 11. The molecule has 0 aliphatic carbocycles. The van der Waals surface area contributed by atoms with Crippen LogP contribution in [0.25, 0.3) is 33.8 Å². The molecule has 1 radical (unpaired) electrons. The Morgan fingerprint density at radius 3 is 0.920 bits per heavy atom. The summed E-state index contributed by atoms with van der Waals surface area (Å²) in [5.74, 6) is -3.11. The van der Waals surface area contributed by atoms with E-state index < -0.39 is 36.0 Å². The SMILES string of the molecule is CC(C)(C)c1c[c-]c(N2[CH-]N(c3ccccc3)c3c(-c4ccccc4)nc(C(F)(F)F)nc32)cc1.CC(C)(C)c1c[c-]c(N2[CH-]N(c3ccccc3)c3c(-c4ccccc4)nc(C(F)(F)F)nc32)cc1.CC(C)(C)c1c[c-]c(N2[CH-]Nc3c(-c4ccccc4)nc(C(F)(F)F)nc32)cc1.[Ir]. The number of hydrogen-bond donors (Lipinski definition) is 1. The molecule has 3 aromatic heterocycles. The number of nitrogens with zero attached hydrogens (tertiary/aromatic N) is 11. The zero-order valence-corrected chi connectivity index (χ0v) is 57.9. The Labute approximate surface area is 588 Å². The van der Waals surface area contributed by atoms with Gasteiger partial charge in [-0.3, -0.25) is 0 Å². The molecule has 0 saturated carbocycles. The molecule has 0 amide bonds. The van der Waals surface area contributed by atoms with E-state index in [0.29, 0.717) is 50.8 Å². The van der Waals surface area contributed by atoms with Crippen molar-refractivity contribution < 1.29 is 59.6 Å². The van der Waals surface area contributed by atoms with E-state index >= 15 is 0 Å². The monoisotopic (exact) mass is 1530 g/mol. The van der Waals surface area contributed by atoms with Gasteiger partial charge >= 0.3 is 18.5 Å². The molecule has 0 unspecified atom stereocenters. The molecular formula is C78H65F9IrN12-6. The molecule has 100 heavy (non-hydrogen) atoms. The van der Waals surface area contributed by atoms with Gasteiger partial charge in [0, 0.05) is 48.2 Å². The minimum Gasteiger partial charge on any atom is -0.511 e. The van der Waals surface area contributed by atoms with E-state index in [1.54, 1.807) is 114 Å². The molecule has 11 aromatic rings. The van der Waals surface area contributed by atoms with E-state index in [0.717, 1.165) is 28.1 Å². The van der Waals surface area contributed by atoms with Gasteiger partial charge in [0.2, 0.25) is 17.5 Å². The van der Waals surface area contributed by atoms with Crippen LogP contribution in [0.2, 0.25) is 0 Å². The maximum atomic E-state index is 13.9. The van der Waals surface area contributed by atoms with Crippen LogP contribution in [0, 0.1) is 38.2 Å². The molecule has 0 fully saturated rings. The maximum absolute atomic E-state index is 13.9. The van der Waals surface area contributed by atoms with Crippen molar-refractivity contribution in [3.8, 4) is 33.8 Å². The number of para-hydroxylation sites is 2. The fraction of sp³-hybridized carbons (Fsp3) is 0.192. The molecule has 515 valence electrons. The summed E-state index contributed by atoms with van der Waals surface area (Å²) in [5.41, 5.74) is 10.1. The Morgan fingerprint density at radius 2 is 0.620 bits per heavy atom. The minimum atomic E-state index is -4.70. The van der Waals surface area contributed by atoms with Gasteiger partial charge in [0.05, 0.1) is 34.1 Å². The van der Waals surface area contributed by atoms with Gasteiger partial charge in [-0.15, -0.1) is 48.6 Å². The number of nitrogens with one attached hydrogen (secondary N) is 1. The molecule has 3 aliphatic rings. The normalized spacial score (nSPS) is 13.7. The van der Waals surface area contributed by atoms with Gasteiger partial charge in [-0.1, -0.05) is 206 Å². The molecule has 0 atom stereocenters. The van der Waals surface area contributed by atoms with Gasteiger partial charge in [0.1, 0.15) is 17.5 Å². The zero-order valence-electron chi connectivity index (χ0n) is 55.5. The fourth-order valence-electron chi connectivity index (χ4n) is 11.1. The van der Waals surface area contributed by atoms with Gasteiger partial charge in [0.15, 0.2) is 0 Å². The van der Waals surface area contributed by atoms with Crippen LogP contribution < -0.4 is 29.8 Å². The predicted octanol–water partition coefficient (Wildman–Crippen LogP) is 21.3. The summed E-state index contributed by atoms with van der Waals surface area (Å²) >= 11 is 0. The van der Waals surface area contributed by atoms with Crippen LogP contribution in [-0.4, -0.2) is 29.9 Å². The molecule has 14 rings (SSSR count). The van der Waals surface area contributed by atoms with Crippen LogP contribution in [0.15, 0.2) is 206 Å². The first kappa shape index (κ1) is 71.1. The second-order valence-electron chi connectivity index (χ2n) is 26.5. The summed E-state index contributed by atoms with van der Waals surface area (Å²) in [6, 6.07) is 72.0. The molecule has 6 heterocycles. The number of benzene rings is 8. The molecule has 12 nitrogen and oxygen atoms in total. The standard InChI is InChI=1S/2C28H23F3N4.C22H19F3N4.Ir/c2*1-27(2,3)20-14-16-22(17-15-20)35-18-34(21-12-8-5-9-13-21)24-23(19-10-6-4-7-11-19)32-26(28(29,30)31)33-25(24)35;1-21(2,3)15-9-11-16(12-10-15)29-13-26-18-17(14-7-5-4-6-8-14)27-20(22(23,24)25)28-19(18)29;/h2*4-16,18H,1-3H3;4-11,13,26H,1-3H3;/q3*-2;. The van der Waals surface area contributed by atoms with Crippen LogP contribution in [-0.2, 0) is 54.9 Å². The summed E-state index contributed by atoms with van der Waals surface area (Å²) in [6.07, 6.45) is -14.1. The molecule has 0 bridgehead atoms. The van der Waals surface area contributed by atoms with Crippen molar-refractivity contribution in [2.75, 3.05) is 29.8 Å². The predicted molar refractivity (Wildman–Crippen MR) is 369 cm³/mol. The van der Waals surface area contributed by atoms with Crippen molar-refractivity contribution >= 4 is 63.0 Å². The third-order valence-corrected chi connectivity index (χ3v) is 16.3. The third kappa shape index (κ3) is 15.2. The topological polar surface area (TPSA) is 106 Å². The molecule has 0 spiro atoms. The quantitative estimate of drug-likeness (QED) is 0.116. The van der Waals surface area contributed by atoms with E-state index in [-0.39, 0.29) is 70.9 Å². The number of alkyl halides is 9. The molecule has 8 aromatic carbocycles. The van der Waals surface area contributed by atoms with Crippen molar-refractivity contribution in [1.29, 1.82) is 0 Å². The molecule has 0 saturated heterocycles. The van der Waals surface area contributed by atoms with Crippen LogP contribution in [0.3, 0.4) is 0 Å². The third-order valence-electron chi connectivity index (χ3n) is 16.3. The Morgan fingerprint density at radius 1 is 0.330 bits per heavy atom. The van der Waals surface area contributed by atoms with E-state index in [1.165, 1.54) is 0 Å². The summed E-state index contributed by atoms with van der Waals surface area (Å²) in [4.78, 5) is 32.1. The average molecular weight is 1530 g/mol. The number of aromatic nitrogens is 6. The first-order valence-electron chi connectivity index (χ1n) is 31.5. The second-order valence-corrected chi connectivity index (χ2v) is 26.5. The van der Waals surface area contributed by atoms with Crippen LogP contribution in [0.4, 0.5) is 102 Å². The largest absolute Gasteiger partial charge is 0.511 e. The molecular weight excluding hydrogens is 1470 g/mol. The Bertz CT molecular complexity index is 4420. The molecule has 3 aliphatic heterocycles. The van der Waals surface area contributed by atoms with Gasteiger partial charge in [-0.2, -0.15) is 117 Å². The zero-order chi connectivity index (χ0) is 70.4. The first-order chi connectivity index (χ1) is 46.9. The van der Waals surface area contributed by atoms with Crippen LogP contribution >= 0.6 is 0 Å². The first-order valence-corrected chi connectivity index (χ1v) is 31.5. The fourth-order valence-corrected chi connectivity index (χ4v) is 11.1. The maximum Gasteiger partial charge on any atom is 0.451 e. The van der Waals surface area contributed by atoms with Crippen molar-refractivity contribution in [2.45, 2.75) is 97.1 Å². The van der Waals surface area contributed by atoms with Crippen LogP contribution in [0.5, 0.6) is 0 Å². The van der Waals surface area contributed by atoms with Crippen molar-refractivity contribution in [2.24, 2.45) is 0 Å². The van der Waals surface area contributed by atoms with Gasteiger partial charge in [-0.25, -0.2) is 29.9 Å². The molecule has 22 heteroatoms. The molecule has 1 N–H and O–H groups in total. The van der Waals surface area contributed by atoms with Crippen molar-refractivity contribution in [1.82, 2.24) is 29.9 Å². The van der Waals surface area contributed by atoms with Crippen molar-refractivity contribution in [3.63, 3.8) is 0 Å². The number of fused-ring (bicyclic) bond motifs is 3. The number of rotatable bonds is 8. The van der Waals surface area contributed by atoms with Crippen LogP contribution in [0.1, 0.15) is 96.5 Å². The van der Waals surface area contributed by atoms with Gasteiger partial charge < -0.3 is 29.8 Å². The van der Waals surface area contributed by atoms with E-state index in [4.69, 9.17) is 0 Å². The smallest absolute Gasteiger partial charge is 0.451 e. The van der Waals surface area contributed by atoms with Crippen molar-refractivity contribution in [3.05, 3.63) is 279 Å². The number of hydrogen-bond acceptors (Lipinski definition) is 12. The summed E-state index contributed by atoms with van der Waals surface area (Å²) < 4.78 is 124. The average Bonchev–Trinajstić information content (AvgIpc) is 1.59. The van der Waals surface area contributed by atoms with E-state index in [2.05, 4.69) is 116 Å². The Balaban J connectivity index is 0.000000151. The summed E-state index contributed by atoms with van der Waals surface area (Å²) in [5, 5.41) is 3.03. The Kier molecular flexibility index (Phi) is 19.8. The summed E-state index contributed by atoms with van der Waals surface area (Å²) in [7, 11) is 0. The van der Waals surface area contributed by atoms with Gasteiger partial charge in [0.25, 0.3) is 0 Å².